The van der Waals surface area contributed by atoms with Gasteiger partial charge in [0.05, 0.1) is 11.2 Å². The molecule has 4 rings (SSSR count). The zero-order valence-corrected chi connectivity index (χ0v) is 18.9. The van der Waals surface area contributed by atoms with E-state index in [4.69, 9.17) is 9.47 Å². The molecule has 2 aliphatic heterocycles. The number of rotatable bonds is 6. The van der Waals surface area contributed by atoms with Crippen molar-refractivity contribution in [1.82, 2.24) is 4.90 Å². The number of halogens is 3. The number of aliphatic hydroxyl groups is 2. The molecule has 1 fully saturated rings. The van der Waals surface area contributed by atoms with E-state index in [2.05, 4.69) is 0 Å². The lowest BCUT2D eigenvalue weighted by molar-refractivity contribution is -0.137. The average molecular weight is 466 g/mol. The number of benzene rings is 2. The van der Waals surface area contributed by atoms with Crippen molar-refractivity contribution in [2.45, 2.75) is 56.6 Å². The summed E-state index contributed by atoms with van der Waals surface area (Å²) in [6.45, 7) is 5.39. The molecule has 0 bridgehead atoms. The first-order chi connectivity index (χ1) is 15.5. The first-order valence-corrected chi connectivity index (χ1v) is 11.2. The third-order valence-electron chi connectivity index (χ3n) is 6.37. The summed E-state index contributed by atoms with van der Waals surface area (Å²) >= 11 is 0. The molecule has 0 radical (unpaired) electrons. The molecule has 0 spiro atoms. The quantitative estimate of drug-likeness (QED) is 0.672. The van der Waals surface area contributed by atoms with E-state index >= 15 is 0 Å². The summed E-state index contributed by atoms with van der Waals surface area (Å²) in [6.07, 6.45) is -3.83. The van der Waals surface area contributed by atoms with Gasteiger partial charge >= 0.3 is 6.18 Å². The SMILES string of the molecule is CC1(C)Cc2cccc(OCC(O)CN3CCC(O)(c4cccc(C(F)(F)F)c4)CC3)c2O1. The molecule has 0 amide bonds. The lowest BCUT2D eigenvalue weighted by Crippen LogP contribution is -2.46. The van der Waals surface area contributed by atoms with Gasteiger partial charge in [-0.25, -0.2) is 0 Å². The summed E-state index contributed by atoms with van der Waals surface area (Å²) in [5, 5.41) is 21.5. The second kappa shape index (κ2) is 8.81. The molecule has 2 N–H and O–H groups in total. The zero-order chi connectivity index (χ0) is 23.9. The van der Waals surface area contributed by atoms with Gasteiger partial charge in [-0.2, -0.15) is 13.2 Å². The Hall–Kier alpha value is -2.29. The van der Waals surface area contributed by atoms with E-state index in [1.54, 1.807) is 0 Å². The van der Waals surface area contributed by atoms with Crippen LogP contribution in [0, 0.1) is 0 Å². The fourth-order valence-corrected chi connectivity index (χ4v) is 4.62. The minimum atomic E-state index is -4.45. The Labute approximate surface area is 191 Å². The highest BCUT2D eigenvalue weighted by Gasteiger charge is 2.37. The molecule has 2 aromatic rings. The van der Waals surface area contributed by atoms with Crippen molar-refractivity contribution >= 4 is 0 Å². The predicted molar refractivity (Wildman–Crippen MR) is 117 cm³/mol. The van der Waals surface area contributed by atoms with Gasteiger partial charge in [-0.3, -0.25) is 0 Å². The Bertz CT molecular complexity index is 984. The van der Waals surface area contributed by atoms with Crippen molar-refractivity contribution in [3.63, 3.8) is 0 Å². The fraction of sp³-hybridized carbons (Fsp3) is 0.520. The van der Waals surface area contributed by atoms with Gasteiger partial charge in [0.2, 0.25) is 0 Å². The van der Waals surface area contributed by atoms with E-state index < -0.39 is 23.4 Å². The van der Waals surface area contributed by atoms with Gasteiger partial charge in [0.25, 0.3) is 0 Å². The van der Waals surface area contributed by atoms with Crippen molar-refractivity contribution < 1.29 is 32.9 Å². The summed E-state index contributed by atoms with van der Waals surface area (Å²) in [5.41, 5.74) is -1.000. The summed E-state index contributed by atoms with van der Waals surface area (Å²) in [6, 6.07) is 10.6. The van der Waals surface area contributed by atoms with E-state index in [0.717, 1.165) is 29.9 Å². The van der Waals surface area contributed by atoms with E-state index in [1.165, 1.54) is 12.1 Å². The van der Waals surface area contributed by atoms with Gasteiger partial charge < -0.3 is 24.6 Å². The molecule has 2 aromatic carbocycles. The lowest BCUT2D eigenvalue weighted by Gasteiger charge is -2.39. The largest absolute Gasteiger partial charge is 0.487 e. The molecule has 5 nitrogen and oxygen atoms in total. The number of alkyl halides is 3. The standard InChI is InChI=1S/C25H30F3NO4/c1-23(2)14-17-5-3-8-21(22(17)33-23)32-16-20(30)15-29-11-9-24(31,10-12-29)18-6-4-7-19(13-18)25(26,27)28/h3-8,13,20,30-31H,9-12,14-16H2,1-2H3. The van der Waals surface area contributed by atoms with E-state index in [9.17, 15) is 23.4 Å². The third kappa shape index (κ3) is 5.45. The molecule has 1 atom stereocenters. The number of aliphatic hydroxyl groups excluding tert-OH is 1. The molecule has 2 aliphatic rings. The Morgan fingerprint density at radius 1 is 1.12 bits per heavy atom. The van der Waals surface area contributed by atoms with Crippen LogP contribution >= 0.6 is 0 Å². The van der Waals surface area contributed by atoms with Gasteiger partial charge in [0, 0.05) is 31.6 Å². The van der Waals surface area contributed by atoms with Crippen LogP contribution in [0.15, 0.2) is 42.5 Å². The minimum Gasteiger partial charge on any atom is -0.487 e. The molecular weight excluding hydrogens is 435 g/mol. The van der Waals surface area contributed by atoms with Crippen molar-refractivity contribution in [2.24, 2.45) is 0 Å². The predicted octanol–water partition coefficient (Wildman–Crippen LogP) is 4.14. The molecule has 8 heteroatoms. The topological polar surface area (TPSA) is 62.2 Å². The van der Waals surface area contributed by atoms with Crippen molar-refractivity contribution in [2.75, 3.05) is 26.2 Å². The van der Waals surface area contributed by atoms with Crippen LogP contribution in [0.1, 0.15) is 43.4 Å². The maximum Gasteiger partial charge on any atom is 0.416 e. The zero-order valence-electron chi connectivity index (χ0n) is 18.9. The highest BCUT2D eigenvalue weighted by Crippen LogP contribution is 2.42. The number of nitrogens with zero attached hydrogens (tertiary/aromatic N) is 1. The van der Waals surface area contributed by atoms with Crippen LogP contribution in [-0.2, 0) is 18.2 Å². The number of para-hydroxylation sites is 1. The van der Waals surface area contributed by atoms with Crippen LogP contribution < -0.4 is 9.47 Å². The van der Waals surface area contributed by atoms with E-state index in [1.807, 2.05) is 36.9 Å². The minimum absolute atomic E-state index is 0.0919. The number of fused-ring (bicyclic) bond motifs is 1. The van der Waals surface area contributed by atoms with E-state index in [0.29, 0.717) is 25.4 Å². The average Bonchev–Trinajstić information content (AvgIpc) is 3.08. The molecule has 33 heavy (non-hydrogen) atoms. The maximum absolute atomic E-state index is 13.0. The van der Waals surface area contributed by atoms with Crippen LogP contribution in [0.3, 0.4) is 0 Å². The summed E-state index contributed by atoms with van der Waals surface area (Å²) in [7, 11) is 0. The number of ether oxygens (including phenoxy) is 2. The Morgan fingerprint density at radius 2 is 1.82 bits per heavy atom. The summed E-state index contributed by atoms with van der Waals surface area (Å²) in [5.74, 6) is 1.33. The van der Waals surface area contributed by atoms with Gasteiger partial charge in [0.15, 0.2) is 11.5 Å². The maximum atomic E-state index is 13.0. The third-order valence-corrected chi connectivity index (χ3v) is 6.37. The van der Waals surface area contributed by atoms with E-state index in [-0.39, 0.29) is 30.6 Å². The lowest BCUT2D eigenvalue weighted by atomic mass is 9.83. The van der Waals surface area contributed by atoms with Crippen molar-refractivity contribution in [1.29, 1.82) is 0 Å². The molecule has 1 unspecified atom stereocenters. The second-order valence-corrected chi connectivity index (χ2v) is 9.66. The van der Waals surface area contributed by atoms with Crippen molar-refractivity contribution in [3.8, 4) is 11.5 Å². The highest BCUT2D eigenvalue weighted by molar-refractivity contribution is 5.50. The number of piperidine rings is 1. The summed E-state index contributed by atoms with van der Waals surface area (Å²) in [4.78, 5) is 1.99. The van der Waals surface area contributed by atoms with Crippen LogP contribution in [0.2, 0.25) is 0 Å². The molecule has 2 heterocycles. The molecule has 0 aliphatic carbocycles. The summed E-state index contributed by atoms with van der Waals surface area (Å²) < 4.78 is 50.9. The fourth-order valence-electron chi connectivity index (χ4n) is 4.62. The Balaban J connectivity index is 1.30. The molecule has 180 valence electrons. The van der Waals surface area contributed by atoms with Crippen LogP contribution in [-0.4, -0.2) is 53.1 Å². The highest BCUT2D eigenvalue weighted by atomic mass is 19.4. The van der Waals surface area contributed by atoms with Crippen molar-refractivity contribution in [3.05, 3.63) is 59.2 Å². The van der Waals surface area contributed by atoms with Gasteiger partial charge in [0.1, 0.15) is 18.3 Å². The first-order valence-electron chi connectivity index (χ1n) is 11.2. The van der Waals surface area contributed by atoms with Crippen LogP contribution in [0.25, 0.3) is 0 Å². The van der Waals surface area contributed by atoms with Crippen LogP contribution in [0.4, 0.5) is 13.2 Å². The molecular formula is C25H30F3NO4. The van der Waals surface area contributed by atoms with Crippen LogP contribution in [0.5, 0.6) is 11.5 Å². The van der Waals surface area contributed by atoms with Gasteiger partial charge in [-0.1, -0.05) is 24.3 Å². The number of β-amino-alcohol motifs (C(OH)–C–C–N with tert-alkyl or cyclic N) is 1. The molecule has 0 aromatic heterocycles. The normalized spacial score (nSPS) is 20.7. The monoisotopic (exact) mass is 465 g/mol. The number of hydrogen-bond donors (Lipinski definition) is 2. The smallest absolute Gasteiger partial charge is 0.416 e. The first kappa shape index (κ1) is 23.9. The van der Waals surface area contributed by atoms with Gasteiger partial charge in [-0.15, -0.1) is 0 Å². The Morgan fingerprint density at radius 3 is 2.52 bits per heavy atom. The second-order valence-electron chi connectivity index (χ2n) is 9.66. The number of hydrogen-bond acceptors (Lipinski definition) is 5. The Kier molecular flexibility index (Phi) is 6.37. The molecule has 0 saturated carbocycles. The van der Waals surface area contributed by atoms with Gasteiger partial charge in [-0.05, 0) is 50.5 Å². The number of likely N-dealkylation sites (tertiary alicyclic amines) is 1. The molecule has 1 saturated heterocycles.